The summed E-state index contributed by atoms with van der Waals surface area (Å²) in [7, 11) is 0. The largest absolute Gasteiger partial charge is 0.390 e. The van der Waals surface area contributed by atoms with Gasteiger partial charge in [-0.25, -0.2) is 0 Å². The van der Waals surface area contributed by atoms with E-state index in [0.717, 1.165) is 12.1 Å². The molecular weight excluding hydrogens is 269 g/mol. The third kappa shape index (κ3) is 5.57. The first kappa shape index (κ1) is 15.8. The zero-order chi connectivity index (χ0) is 13.8. The summed E-state index contributed by atoms with van der Waals surface area (Å²) in [6.45, 7) is 6.80. The molecule has 18 heavy (non-hydrogen) atoms. The first-order valence-corrected chi connectivity index (χ1v) is 6.95. The number of benzene rings is 1. The van der Waals surface area contributed by atoms with Gasteiger partial charge in [-0.1, -0.05) is 43.1 Å². The van der Waals surface area contributed by atoms with Crippen LogP contribution < -0.4 is 5.32 Å². The fraction of sp³-hybridized carbons (Fsp3) is 0.571. The number of rotatable bonds is 6. The van der Waals surface area contributed by atoms with Crippen LogP contribution in [0.4, 0.5) is 0 Å². The minimum Gasteiger partial charge on any atom is -0.390 e. The number of hydrogen-bond donors (Lipinski definition) is 2. The average Bonchev–Trinajstić information content (AvgIpc) is 2.21. The molecule has 0 aromatic heterocycles. The molecule has 0 aliphatic carbocycles. The quantitative estimate of drug-likeness (QED) is 0.837. The number of hydrogen-bond acceptors (Lipinski definition) is 2. The molecule has 1 atom stereocenters. The van der Waals surface area contributed by atoms with Crippen LogP contribution in [0.1, 0.15) is 32.8 Å². The Labute approximate surface area is 119 Å². The van der Waals surface area contributed by atoms with Gasteiger partial charge in [0.2, 0.25) is 0 Å². The van der Waals surface area contributed by atoms with E-state index in [1.54, 1.807) is 12.1 Å². The van der Waals surface area contributed by atoms with Gasteiger partial charge in [-0.3, -0.25) is 0 Å². The summed E-state index contributed by atoms with van der Waals surface area (Å²) in [4.78, 5) is 0. The first-order chi connectivity index (χ1) is 8.30. The summed E-state index contributed by atoms with van der Waals surface area (Å²) in [5.74, 6) is 0. The van der Waals surface area contributed by atoms with E-state index in [4.69, 9.17) is 23.2 Å². The van der Waals surface area contributed by atoms with E-state index in [9.17, 15) is 5.11 Å². The zero-order valence-corrected chi connectivity index (χ0v) is 12.6. The van der Waals surface area contributed by atoms with Crippen LogP contribution in [-0.4, -0.2) is 23.3 Å². The predicted molar refractivity (Wildman–Crippen MR) is 78.5 cm³/mol. The Morgan fingerprint density at radius 1 is 1.33 bits per heavy atom. The molecule has 0 aliphatic rings. The fourth-order valence-corrected chi connectivity index (χ4v) is 2.27. The highest BCUT2D eigenvalue weighted by atomic mass is 35.5. The summed E-state index contributed by atoms with van der Waals surface area (Å²) in [6.07, 6.45) is 1.22. The zero-order valence-electron chi connectivity index (χ0n) is 11.1. The van der Waals surface area contributed by atoms with Crippen LogP contribution >= 0.6 is 23.2 Å². The van der Waals surface area contributed by atoms with Crippen molar-refractivity contribution < 1.29 is 5.11 Å². The van der Waals surface area contributed by atoms with Gasteiger partial charge in [-0.2, -0.15) is 0 Å². The first-order valence-electron chi connectivity index (χ1n) is 6.20. The lowest BCUT2D eigenvalue weighted by molar-refractivity contribution is 0.0511. The minimum absolute atomic E-state index is 0.430. The number of aliphatic hydroxyl groups is 1. The Balaban J connectivity index is 2.58. The van der Waals surface area contributed by atoms with Gasteiger partial charge in [0.15, 0.2) is 0 Å². The van der Waals surface area contributed by atoms with E-state index in [1.165, 1.54) is 0 Å². The SMILES string of the molecule is CC(C)NCCC(C)(O)Cc1ccc(Cl)cc1Cl. The Bertz CT molecular complexity index is 391. The van der Waals surface area contributed by atoms with Crippen molar-refractivity contribution in [3.05, 3.63) is 33.8 Å². The van der Waals surface area contributed by atoms with Crippen molar-refractivity contribution in [1.29, 1.82) is 0 Å². The maximum absolute atomic E-state index is 10.3. The summed E-state index contributed by atoms with van der Waals surface area (Å²) >= 11 is 12.0. The maximum atomic E-state index is 10.3. The molecule has 1 aromatic carbocycles. The van der Waals surface area contributed by atoms with Crippen molar-refractivity contribution in [2.45, 2.75) is 45.3 Å². The van der Waals surface area contributed by atoms with Crippen molar-refractivity contribution in [2.24, 2.45) is 0 Å². The monoisotopic (exact) mass is 289 g/mol. The highest BCUT2D eigenvalue weighted by molar-refractivity contribution is 6.35. The molecule has 0 fully saturated rings. The number of halogens is 2. The second-order valence-electron chi connectivity index (χ2n) is 5.27. The summed E-state index contributed by atoms with van der Waals surface area (Å²) in [5, 5.41) is 14.9. The van der Waals surface area contributed by atoms with E-state index in [0.29, 0.717) is 28.9 Å². The van der Waals surface area contributed by atoms with Crippen LogP contribution in [0.3, 0.4) is 0 Å². The molecule has 1 rings (SSSR count). The molecule has 0 heterocycles. The minimum atomic E-state index is -0.765. The van der Waals surface area contributed by atoms with Crippen molar-refractivity contribution in [3.63, 3.8) is 0 Å². The van der Waals surface area contributed by atoms with Crippen molar-refractivity contribution in [2.75, 3.05) is 6.54 Å². The molecule has 4 heteroatoms. The standard InChI is InChI=1S/C14H21Cl2NO/c1-10(2)17-7-6-14(3,18)9-11-4-5-12(15)8-13(11)16/h4-5,8,10,17-18H,6-7,9H2,1-3H3. The van der Waals surface area contributed by atoms with Gasteiger partial charge in [0.25, 0.3) is 0 Å². The van der Waals surface area contributed by atoms with Crippen LogP contribution in [0.25, 0.3) is 0 Å². The van der Waals surface area contributed by atoms with Gasteiger partial charge in [-0.15, -0.1) is 0 Å². The van der Waals surface area contributed by atoms with E-state index in [-0.39, 0.29) is 0 Å². The van der Waals surface area contributed by atoms with Gasteiger partial charge < -0.3 is 10.4 Å². The smallest absolute Gasteiger partial charge is 0.0672 e. The van der Waals surface area contributed by atoms with Crippen molar-refractivity contribution in [1.82, 2.24) is 5.32 Å². The van der Waals surface area contributed by atoms with Crippen molar-refractivity contribution >= 4 is 23.2 Å². The van der Waals surface area contributed by atoms with Crippen LogP contribution in [0, 0.1) is 0 Å². The molecule has 2 N–H and O–H groups in total. The normalized spacial score (nSPS) is 14.8. The topological polar surface area (TPSA) is 32.3 Å². The highest BCUT2D eigenvalue weighted by Crippen LogP contribution is 2.25. The van der Waals surface area contributed by atoms with Gasteiger partial charge in [-0.05, 0) is 37.6 Å². The summed E-state index contributed by atoms with van der Waals surface area (Å²) in [5.41, 5.74) is 0.162. The highest BCUT2D eigenvalue weighted by Gasteiger charge is 2.21. The van der Waals surface area contributed by atoms with Gasteiger partial charge in [0.1, 0.15) is 0 Å². The summed E-state index contributed by atoms with van der Waals surface area (Å²) < 4.78 is 0. The van der Waals surface area contributed by atoms with Crippen LogP contribution in [0.2, 0.25) is 10.0 Å². The van der Waals surface area contributed by atoms with Crippen LogP contribution in [0.5, 0.6) is 0 Å². The van der Waals surface area contributed by atoms with Crippen LogP contribution in [0.15, 0.2) is 18.2 Å². The second-order valence-corrected chi connectivity index (χ2v) is 6.11. The molecule has 0 spiro atoms. The molecule has 0 saturated carbocycles. The molecule has 0 amide bonds. The molecule has 0 saturated heterocycles. The molecule has 1 aromatic rings. The lowest BCUT2D eigenvalue weighted by atomic mass is 9.93. The predicted octanol–water partition coefficient (Wildman–Crippen LogP) is 3.68. The lowest BCUT2D eigenvalue weighted by Crippen LogP contribution is -2.34. The van der Waals surface area contributed by atoms with E-state index < -0.39 is 5.60 Å². The summed E-state index contributed by atoms with van der Waals surface area (Å²) in [6, 6.07) is 5.81. The molecular formula is C14H21Cl2NO. The fourth-order valence-electron chi connectivity index (χ4n) is 1.79. The Hall–Kier alpha value is -0.280. The average molecular weight is 290 g/mol. The third-order valence-corrected chi connectivity index (χ3v) is 3.39. The second kappa shape index (κ2) is 6.76. The van der Waals surface area contributed by atoms with E-state index in [2.05, 4.69) is 19.2 Å². The Morgan fingerprint density at radius 2 is 2.00 bits per heavy atom. The van der Waals surface area contributed by atoms with Gasteiger partial charge >= 0.3 is 0 Å². The molecule has 2 nitrogen and oxygen atoms in total. The van der Waals surface area contributed by atoms with E-state index >= 15 is 0 Å². The van der Waals surface area contributed by atoms with Gasteiger partial charge in [0.05, 0.1) is 5.60 Å². The van der Waals surface area contributed by atoms with Gasteiger partial charge in [0, 0.05) is 22.5 Å². The number of nitrogens with one attached hydrogen (secondary N) is 1. The van der Waals surface area contributed by atoms with Crippen molar-refractivity contribution in [3.8, 4) is 0 Å². The maximum Gasteiger partial charge on any atom is 0.0672 e. The van der Waals surface area contributed by atoms with Crippen LogP contribution in [-0.2, 0) is 6.42 Å². The molecule has 0 bridgehead atoms. The molecule has 102 valence electrons. The molecule has 0 radical (unpaired) electrons. The molecule has 1 unspecified atom stereocenters. The molecule has 0 aliphatic heterocycles. The van der Waals surface area contributed by atoms with E-state index in [1.807, 2.05) is 13.0 Å². The third-order valence-electron chi connectivity index (χ3n) is 2.80. The Kier molecular flexibility index (Phi) is 5.93. The lowest BCUT2D eigenvalue weighted by Gasteiger charge is -2.24. The Morgan fingerprint density at radius 3 is 2.56 bits per heavy atom.